The minimum atomic E-state index is 0.658. The Kier molecular flexibility index (Phi) is 7.22. The van der Waals surface area contributed by atoms with Crippen molar-refractivity contribution in [3.05, 3.63) is 23.8 Å². The maximum Gasteiger partial charge on any atom is 0.121 e. The van der Waals surface area contributed by atoms with Crippen molar-refractivity contribution < 1.29 is 14.2 Å². The van der Waals surface area contributed by atoms with Crippen LogP contribution in [0.25, 0.3) is 0 Å². The van der Waals surface area contributed by atoms with Gasteiger partial charge in [-0.15, -0.1) is 0 Å². The first-order chi connectivity index (χ1) is 8.77. The molecule has 1 aromatic rings. The summed E-state index contributed by atoms with van der Waals surface area (Å²) in [6, 6.07) is 6.09. The summed E-state index contributed by atoms with van der Waals surface area (Å²) in [6.07, 6.45) is 0.981. The van der Waals surface area contributed by atoms with E-state index in [1.165, 1.54) is 0 Å². The number of hydrogen-bond acceptors (Lipinski definition) is 4. The van der Waals surface area contributed by atoms with Crippen LogP contribution < -0.4 is 10.1 Å². The summed E-state index contributed by atoms with van der Waals surface area (Å²) < 4.78 is 15.5. The second-order valence-corrected chi connectivity index (χ2v) is 4.07. The van der Waals surface area contributed by atoms with Crippen LogP contribution >= 0.6 is 0 Å². The molecule has 18 heavy (non-hydrogen) atoms. The summed E-state index contributed by atoms with van der Waals surface area (Å²) in [5.41, 5.74) is 2.25. The summed E-state index contributed by atoms with van der Waals surface area (Å²) in [5.74, 6) is 0.920. The van der Waals surface area contributed by atoms with E-state index in [0.717, 1.165) is 36.6 Å². The van der Waals surface area contributed by atoms with Crippen LogP contribution in [0.3, 0.4) is 0 Å². The first-order valence-corrected chi connectivity index (χ1v) is 6.23. The van der Waals surface area contributed by atoms with Gasteiger partial charge in [-0.05, 0) is 37.1 Å². The molecule has 0 heterocycles. The van der Waals surface area contributed by atoms with E-state index in [-0.39, 0.29) is 0 Å². The highest BCUT2D eigenvalue weighted by molar-refractivity contribution is 5.50. The second-order valence-electron chi connectivity index (χ2n) is 4.07. The average molecular weight is 253 g/mol. The Hall–Kier alpha value is -1.26. The first-order valence-electron chi connectivity index (χ1n) is 6.23. The molecule has 1 aromatic carbocycles. The topological polar surface area (TPSA) is 39.7 Å². The fraction of sp³-hybridized carbons (Fsp3) is 0.571. The maximum absolute atomic E-state index is 5.39. The van der Waals surface area contributed by atoms with Gasteiger partial charge in [0.2, 0.25) is 0 Å². The molecule has 0 atom stereocenters. The minimum Gasteiger partial charge on any atom is -0.496 e. The number of rotatable bonds is 9. The van der Waals surface area contributed by atoms with Crippen LogP contribution in [0.4, 0.5) is 5.69 Å². The highest BCUT2D eigenvalue weighted by Crippen LogP contribution is 2.21. The number of methoxy groups -OCH3 is 2. The van der Waals surface area contributed by atoms with Gasteiger partial charge in [0.05, 0.1) is 20.3 Å². The SMILES string of the molecule is COCCOCCCNc1ccc(OC)c(C)c1. The van der Waals surface area contributed by atoms with E-state index in [0.29, 0.717) is 13.2 Å². The third-order valence-electron chi connectivity index (χ3n) is 2.62. The van der Waals surface area contributed by atoms with Crippen LogP contribution in [0.1, 0.15) is 12.0 Å². The van der Waals surface area contributed by atoms with E-state index in [4.69, 9.17) is 14.2 Å². The molecule has 0 radical (unpaired) electrons. The van der Waals surface area contributed by atoms with E-state index in [1.807, 2.05) is 19.1 Å². The molecule has 0 amide bonds. The van der Waals surface area contributed by atoms with Gasteiger partial charge in [0.25, 0.3) is 0 Å². The third-order valence-corrected chi connectivity index (χ3v) is 2.62. The lowest BCUT2D eigenvalue weighted by atomic mass is 10.2. The Morgan fingerprint density at radius 1 is 1.11 bits per heavy atom. The zero-order chi connectivity index (χ0) is 13.2. The van der Waals surface area contributed by atoms with Crippen molar-refractivity contribution in [1.29, 1.82) is 0 Å². The number of aryl methyl sites for hydroxylation is 1. The minimum absolute atomic E-state index is 0.658. The zero-order valence-electron chi connectivity index (χ0n) is 11.5. The standard InChI is InChI=1S/C14H23NO3/c1-12-11-13(5-6-14(12)17-3)15-7-4-8-18-10-9-16-2/h5-6,11,15H,4,7-10H2,1-3H3. The number of hydrogen-bond donors (Lipinski definition) is 1. The van der Waals surface area contributed by atoms with Crippen molar-refractivity contribution in [2.75, 3.05) is 45.9 Å². The van der Waals surface area contributed by atoms with Gasteiger partial charge < -0.3 is 19.5 Å². The van der Waals surface area contributed by atoms with Crippen molar-refractivity contribution in [3.8, 4) is 5.75 Å². The number of anilines is 1. The van der Waals surface area contributed by atoms with Crippen LogP contribution in [-0.4, -0.2) is 40.6 Å². The van der Waals surface area contributed by atoms with Gasteiger partial charge in [0.15, 0.2) is 0 Å². The van der Waals surface area contributed by atoms with Gasteiger partial charge in [-0.25, -0.2) is 0 Å². The van der Waals surface area contributed by atoms with Crippen molar-refractivity contribution in [2.45, 2.75) is 13.3 Å². The highest BCUT2D eigenvalue weighted by Gasteiger charge is 1.99. The van der Waals surface area contributed by atoms with Gasteiger partial charge in [-0.2, -0.15) is 0 Å². The lowest BCUT2D eigenvalue weighted by Crippen LogP contribution is -2.08. The monoisotopic (exact) mass is 253 g/mol. The van der Waals surface area contributed by atoms with Gasteiger partial charge >= 0.3 is 0 Å². The van der Waals surface area contributed by atoms with Crippen LogP contribution in [0.15, 0.2) is 18.2 Å². The van der Waals surface area contributed by atoms with Crippen molar-refractivity contribution in [3.63, 3.8) is 0 Å². The first kappa shape index (κ1) is 14.8. The van der Waals surface area contributed by atoms with E-state index >= 15 is 0 Å². The molecule has 0 bridgehead atoms. The number of benzene rings is 1. The predicted molar refractivity (Wildman–Crippen MR) is 73.5 cm³/mol. The average Bonchev–Trinajstić information content (AvgIpc) is 2.38. The third kappa shape index (κ3) is 5.38. The molecule has 0 unspecified atom stereocenters. The lowest BCUT2D eigenvalue weighted by Gasteiger charge is -2.10. The Bertz CT molecular complexity index is 342. The quantitative estimate of drug-likeness (QED) is 0.686. The fourth-order valence-electron chi connectivity index (χ4n) is 1.64. The molecule has 1 N–H and O–H groups in total. The molecule has 0 spiro atoms. The molecular weight excluding hydrogens is 230 g/mol. The van der Waals surface area contributed by atoms with Gasteiger partial charge in [-0.3, -0.25) is 0 Å². The smallest absolute Gasteiger partial charge is 0.121 e. The lowest BCUT2D eigenvalue weighted by molar-refractivity contribution is 0.0705. The largest absolute Gasteiger partial charge is 0.496 e. The molecule has 0 aliphatic carbocycles. The van der Waals surface area contributed by atoms with E-state index < -0.39 is 0 Å². The molecule has 0 aliphatic rings. The summed E-state index contributed by atoms with van der Waals surface area (Å²) >= 11 is 0. The van der Waals surface area contributed by atoms with Crippen LogP contribution in [0, 0.1) is 6.92 Å². The maximum atomic E-state index is 5.39. The molecule has 0 aliphatic heterocycles. The van der Waals surface area contributed by atoms with Gasteiger partial charge in [0.1, 0.15) is 5.75 Å². The molecule has 4 nitrogen and oxygen atoms in total. The predicted octanol–water partition coefficient (Wildman–Crippen LogP) is 2.47. The van der Waals surface area contributed by atoms with Crippen molar-refractivity contribution in [2.24, 2.45) is 0 Å². The van der Waals surface area contributed by atoms with Crippen LogP contribution in [0.5, 0.6) is 5.75 Å². The fourth-order valence-corrected chi connectivity index (χ4v) is 1.64. The molecule has 0 saturated heterocycles. The molecule has 4 heteroatoms. The zero-order valence-corrected chi connectivity index (χ0v) is 11.5. The number of ether oxygens (including phenoxy) is 3. The Morgan fingerprint density at radius 2 is 1.94 bits per heavy atom. The van der Waals surface area contributed by atoms with Crippen LogP contribution in [0.2, 0.25) is 0 Å². The van der Waals surface area contributed by atoms with Gasteiger partial charge in [-0.1, -0.05) is 0 Å². The van der Waals surface area contributed by atoms with Gasteiger partial charge in [0, 0.05) is 25.9 Å². The van der Waals surface area contributed by atoms with Crippen molar-refractivity contribution >= 4 is 5.69 Å². The summed E-state index contributed by atoms with van der Waals surface area (Å²) in [4.78, 5) is 0. The van der Waals surface area contributed by atoms with E-state index in [1.54, 1.807) is 14.2 Å². The molecule has 0 saturated carbocycles. The second kappa shape index (κ2) is 8.78. The number of nitrogens with one attached hydrogen (secondary N) is 1. The molecule has 1 rings (SSSR count). The summed E-state index contributed by atoms with van der Waals surface area (Å²) in [6.45, 7) is 5.02. The normalized spacial score (nSPS) is 10.4. The Labute approximate surface area is 109 Å². The van der Waals surface area contributed by atoms with E-state index in [2.05, 4.69) is 11.4 Å². The summed E-state index contributed by atoms with van der Waals surface area (Å²) in [5, 5.41) is 3.36. The highest BCUT2D eigenvalue weighted by atomic mass is 16.5. The Morgan fingerprint density at radius 3 is 2.61 bits per heavy atom. The molecule has 102 valence electrons. The molecule has 0 aromatic heterocycles. The van der Waals surface area contributed by atoms with E-state index in [9.17, 15) is 0 Å². The summed E-state index contributed by atoms with van der Waals surface area (Å²) in [7, 11) is 3.36. The molecule has 0 fully saturated rings. The van der Waals surface area contributed by atoms with Crippen molar-refractivity contribution in [1.82, 2.24) is 0 Å². The van der Waals surface area contributed by atoms with Crippen LogP contribution in [-0.2, 0) is 9.47 Å². The molecular formula is C14H23NO3. The Balaban J connectivity index is 2.17.